The summed E-state index contributed by atoms with van der Waals surface area (Å²) in [4.78, 5) is 26.8. The Kier molecular flexibility index (Phi) is 6.34. The van der Waals surface area contributed by atoms with Gasteiger partial charge in [0.05, 0.1) is 0 Å². The Balaban J connectivity index is 2.27. The van der Waals surface area contributed by atoms with Crippen molar-refractivity contribution in [1.82, 2.24) is 0 Å². The minimum Gasteiger partial charge on any atom is -0.317 e. The lowest BCUT2D eigenvalue weighted by molar-refractivity contribution is -0.134. The smallest absolute Gasteiger partial charge is 0.316 e. The fourth-order valence-corrected chi connectivity index (χ4v) is 2.93. The molecule has 0 saturated heterocycles. The number of likely N-dealkylation sites (N-methyl/N-ethyl adjacent to an activating group) is 1. The number of benzene rings is 2. The SMILES string of the molecule is CCc1cccc(CC)c1NC(=O)C(=O)N(CC)c1cccc(C)c1. The highest BCUT2D eigenvalue weighted by Gasteiger charge is 2.23. The normalized spacial score (nSPS) is 10.4. The minimum absolute atomic E-state index is 0.436. The minimum atomic E-state index is -0.598. The van der Waals surface area contributed by atoms with Crippen molar-refractivity contribution in [2.45, 2.75) is 40.5 Å². The highest BCUT2D eigenvalue weighted by Crippen LogP contribution is 2.23. The molecule has 2 aromatic carbocycles. The molecular weight excluding hydrogens is 312 g/mol. The lowest BCUT2D eigenvalue weighted by Crippen LogP contribution is -2.40. The molecule has 0 aliphatic heterocycles. The molecule has 0 radical (unpaired) electrons. The first-order valence-electron chi connectivity index (χ1n) is 8.82. The van der Waals surface area contributed by atoms with Gasteiger partial charge < -0.3 is 10.2 Å². The average molecular weight is 338 g/mol. The highest BCUT2D eigenvalue weighted by atomic mass is 16.2. The lowest BCUT2D eigenvalue weighted by atomic mass is 10.0. The standard InChI is InChI=1S/C21H26N2O2/c1-5-16-11-9-12-17(6-2)19(16)22-20(24)21(25)23(7-3)18-13-8-10-15(4)14-18/h8-14H,5-7H2,1-4H3,(H,22,24). The van der Waals surface area contributed by atoms with Crippen molar-refractivity contribution in [3.63, 3.8) is 0 Å². The number of hydrogen-bond acceptors (Lipinski definition) is 2. The van der Waals surface area contributed by atoms with Gasteiger partial charge in [-0.25, -0.2) is 0 Å². The number of carbonyl (C=O) groups excluding carboxylic acids is 2. The van der Waals surface area contributed by atoms with Crippen LogP contribution in [0, 0.1) is 6.92 Å². The Hall–Kier alpha value is -2.62. The van der Waals surface area contributed by atoms with E-state index >= 15 is 0 Å². The van der Waals surface area contributed by atoms with Gasteiger partial charge in [-0.05, 0) is 55.5 Å². The van der Waals surface area contributed by atoms with Crippen LogP contribution in [0.1, 0.15) is 37.5 Å². The molecule has 0 heterocycles. The van der Waals surface area contributed by atoms with Gasteiger partial charge >= 0.3 is 11.8 Å². The fraction of sp³-hybridized carbons (Fsp3) is 0.333. The summed E-state index contributed by atoms with van der Waals surface area (Å²) in [6.45, 7) is 8.35. The highest BCUT2D eigenvalue weighted by molar-refractivity contribution is 6.44. The van der Waals surface area contributed by atoms with Gasteiger partial charge in [0.1, 0.15) is 0 Å². The largest absolute Gasteiger partial charge is 0.317 e. The number of para-hydroxylation sites is 1. The van der Waals surface area contributed by atoms with Crippen LogP contribution in [-0.4, -0.2) is 18.4 Å². The zero-order chi connectivity index (χ0) is 18.4. The van der Waals surface area contributed by atoms with Gasteiger partial charge in [-0.2, -0.15) is 0 Å². The van der Waals surface area contributed by atoms with Crippen molar-refractivity contribution < 1.29 is 9.59 Å². The third-order valence-corrected chi connectivity index (χ3v) is 4.31. The number of rotatable bonds is 5. The summed E-state index contributed by atoms with van der Waals surface area (Å²) in [5.74, 6) is -1.14. The first-order chi connectivity index (χ1) is 12.0. The molecule has 0 saturated carbocycles. The summed E-state index contributed by atoms with van der Waals surface area (Å²) in [6, 6.07) is 13.6. The van der Waals surface area contributed by atoms with Gasteiger partial charge in [0.25, 0.3) is 0 Å². The van der Waals surface area contributed by atoms with Gasteiger partial charge in [0.15, 0.2) is 0 Å². The molecule has 0 fully saturated rings. The quantitative estimate of drug-likeness (QED) is 0.834. The van der Waals surface area contributed by atoms with E-state index in [1.807, 2.05) is 70.2 Å². The number of hydrogen-bond donors (Lipinski definition) is 1. The van der Waals surface area contributed by atoms with E-state index in [2.05, 4.69) is 5.32 Å². The van der Waals surface area contributed by atoms with Crippen LogP contribution < -0.4 is 10.2 Å². The second kappa shape index (κ2) is 8.47. The van der Waals surface area contributed by atoms with Crippen LogP contribution in [-0.2, 0) is 22.4 Å². The Morgan fingerprint density at radius 1 is 0.960 bits per heavy atom. The molecule has 0 spiro atoms. The summed E-state index contributed by atoms with van der Waals surface area (Å²) in [7, 11) is 0. The molecule has 25 heavy (non-hydrogen) atoms. The van der Waals surface area contributed by atoms with E-state index in [-0.39, 0.29) is 0 Å². The summed E-state index contributed by atoms with van der Waals surface area (Å²) in [5.41, 5.74) is 4.64. The maximum atomic E-state index is 12.7. The Morgan fingerprint density at radius 3 is 2.08 bits per heavy atom. The van der Waals surface area contributed by atoms with E-state index in [1.165, 1.54) is 4.90 Å². The molecule has 2 rings (SSSR count). The number of anilines is 2. The molecule has 0 aromatic heterocycles. The van der Waals surface area contributed by atoms with E-state index < -0.39 is 11.8 Å². The summed E-state index contributed by atoms with van der Waals surface area (Å²) < 4.78 is 0. The molecule has 0 atom stereocenters. The molecule has 1 N–H and O–H groups in total. The Morgan fingerprint density at radius 2 is 1.56 bits per heavy atom. The molecule has 2 amide bonds. The van der Waals surface area contributed by atoms with E-state index in [0.717, 1.165) is 40.9 Å². The van der Waals surface area contributed by atoms with E-state index in [4.69, 9.17) is 0 Å². The predicted octanol–water partition coefficient (Wildman–Crippen LogP) is 4.11. The van der Waals surface area contributed by atoms with Gasteiger partial charge in [-0.1, -0.05) is 44.2 Å². The average Bonchev–Trinajstić information content (AvgIpc) is 2.62. The number of nitrogens with one attached hydrogen (secondary N) is 1. The molecule has 0 bridgehead atoms. The van der Waals surface area contributed by atoms with Crippen LogP contribution in [0.2, 0.25) is 0 Å². The molecule has 0 aliphatic carbocycles. The molecular formula is C21H26N2O2. The second-order valence-electron chi connectivity index (χ2n) is 6.00. The van der Waals surface area contributed by atoms with Crippen molar-refractivity contribution in [2.24, 2.45) is 0 Å². The van der Waals surface area contributed by atoms with Crippen molar-refractivity contribution in [3.8, 4) is 0 Å². The van der Waals surface area contributed by atoms with Gasteiger partial charge in [-0.15, -0.1) is 0 Å². The van der Waals surface area contributed by atoms with Crippen LogP contribution in [0.15, 0.2) is 42.5 Å². The lowest BCUT2D eigenvalue weighted by Gasteiger charge is -2.22. The maximum absolute atomic E-state index is 12.7. The topological polar surface area (TPSA) is 49.4 Å². The van der Waals surface area contributed by atoms with Crippen molar-refractivity contribution in [2.75, 3.05) is 16.8 Å². The summed E-state index contributed by atoms with van der Waals surface area (Å²) >= 11 is 0. The second-order valence-corrected chi connectivity index (χ2v) is 6.00. The third-order valence-electron chi connectivity index (χ3n) is 4.31. The number of nitrogens with zero attached hydrogens (tertiary/aromatic N) is 1. The van der Waals surface area contributed by atoms with Crippen LogP contribution in [0.3, 0.4) is 0 Å². The summed E-state index contributed by atoms with van der Waals surface area (Å²) in [5, 5.41) is 2.85. The van der Waals surface area contributed by atoms with Crippen molar-refractivity contribution in [1.29, 1.82) is 0 Å². The Bertz CT molecular complexity index is 746. The van der Waals surface area contributed by atoms with E-state index in [0.29, 0.717) is 6.54 Å². The molecule has 0 unspecified atom stereocenters. The molecule has 0 aliphatic rings. The Labute approximate surface area is 149 Å². The number of carbonyl (C=O) groups is 2. The zero-order valence-electron chi connectivity index (χ0n) is 15.4. The van der Waals surface area contributed by atoms with E-state index in [1.54, 1.807) is 0 Å². The fourth-order valence-electron chi connectivity index (χ4n) is 2.93. The molecule has 2 aromatic rings. The van der Waals surface area contributed by atoms with Crippen LogP contribution >= 0.6 is 0 Å². The monoisotopic (exact) mass is 338 g/mol. The van der Waals surface area contributed by atoms with Gasteiger partial charge in [0.2, 0.25) is 0 Å². The van der Waals surface area contributed by atoms with Gasteiger partial charge in [-0.3, -0.25) is 9.59 Å². The predicted molar refractivity (Wildman–Crippen MR) is 103 cm³/mol. The first kappa shape index (κ1) is 18.7. The van der Waals surface area contributed by atoms with Crippen LogP contribution in [0.25, 0.3) is 0 Å². The number of amides is 2. The van der Waals surface area contributed by atoms with Gasteiger partial charge in [0, 0.05) is 17.9 Å². The van der Waals surface area contributed by atoms with E-state index in [9.17, 15) is 9.59 Å². The molecule has 4 heteroatoms. The number of aryl methyl sites for hydroxylation is 3. The zero-order valence-corrected chi connectivity index (χ0v) is 15.4. The van der Waals surface area contributed by atoms with Crippen LogP contribution in [0.5, 0.6) is 0 Å². The third kappa shape index (κ3) is 4.27. The molecule has 4 nitrogen and oxygen atoms in total. The van der Waals surface area contributed by atoms with Crippen molar-refractivity contribution >= 4 is 23.2 Å². The first-order valence-corrected chi connectivity index (χ1v) is 8.82. The maximum Gasteiger partial charge on any atom is 0.316 e. The van der Waals surface area contributed by atoms with Crippen molar-refractivity contribution in [3.05, 3.63) is 59.2 Å². The molecule has 132 valence electrons. The summed E-state index contributed by atoms with van der Waals surface area (Å²) in [6.07, 6.45) is 1.60. The van der Waals surface area contributed by atoms with Crippen LogP contribution in [0.4, 0.5) is 11.4 Å².